The zero-order valence-corrected chi connectivity index (χ0v) is 12.1. The number of hydrogen-bond donors (Lipinski definition) is 0. The van der Waals surface area contributed by atoms with Crippen molar-refractivity contribution in [2.75, 3.05) is 37.6 Å². The van der Waals surface area contributed by atoms with E-state index in [-0.39, 0.29) is 5.82 Å². The van der Waals surface area contributed by atoms with Gasteiger partial charge in [-0.2, -0.15) is 0 Å². The van der Waals surface area contributed by atoms with Gasteiger partial charge >= 0.3 is 0 Å². The van der Waals surface area contributed by atoms with E-state index >= 15 is 0 Å². The minimum atomic E-state index is -0.156. The lowest BCUT2D eigenvalue weighted by Crippen LogP contribution is -2.46. The standard InChI is InChI=1S/C16H25FN2/c1-14(2)4-3-9-18-10-12-19(13-11-18)16-7-5-15(17)6-8-16/h5-8,14H,3-4,9-13H2,1-2H3. The second kappa shape index (κ2) is 6.90. The molecule has 1 heterocycles. The summed E-state index contributed by atoms with van der Waals surface area (Å²) in [5.41, 5.74) is 1.14. The van der Waals surface area contributed by atoms with E-state index in [0.29, 0.717) is 0 Å². The highest BCUT2D eigenvalue weighted by Gasteiger charge is 2.16. The van der Waals surface area contributed by atoms with Gasteiger partial charge in [0.05, 0.1) is 0 Å². The second-order valence-electron chi connectivity index (χ2n) is 5.84. The Labute approximate surface area is 116 Å². The first-order valence-corrected chi connectivity index (χ1v) is 7.38. The first-order chi connectivity index (χ1) is 9.15. The van der Waals surface area contributed by atoms with Crippen LogP contribution in [0.15, 0.2) is 24.3 Å². The Kier molecular flexibility index (Phi) is 5.20. The lowest BCUT2D eigenvalue weighted by atomic mass is 10.1. The van der Waals surface area contributed by atoms with Crippen LogP contribution in [0.25, 0.3) is 0 Å². The fourth-order valence-corrected chi connectivity index (χ4v) is 2.60. The van der Waals surface area contributed by atoms with E-state index in [2.05, 4.69) is 23.6 Å². The van der Waals surface area contributed by atoms with Crippen LogP contribution in [0.3, 0.4) is 0 Å². The Morgan fingerprint density at radius 3 is 2.26 bits per heavy atom. The molecular weight excluding hydrogens is 239 g/mol. The molecule has 1 aliphatic heterocycles. The lowest BCUT2D eigenvalue weighted by molar-refractivity contribution is 0.248. The van der Waals surface area contributed by atoms with Crippen molar-refractivity contribution in [1.29, 1.82) is 0 Å². The van der Waals surface area contributed by atoms with Gasteiger partial charge in [0.25, 0.3) is 0 Å². The van der Waals surface area contributed by atoms with Gasteiger partial charge in [0.2, 0.25) is 0 Å². The van der Waals surface area contributed by atoms with E-state index in [4.69, 9.17) is 0 Å². The highest BCUT2D eigenvalue weighted by Crippen LogP contribution is 2.17. The van der Waals surface area contributed by atoms with E-state index in [0.717, 1.165) is 37.8 Å². The quantitative estimate of drug-likeness (QED) is 0.804. The molecule has 0 bridgehead atoms. The molecule has 0 unspecified atom stereocenters. The summed E-state index contributed by atoms with van der Waals surface area (Å²) in [6, 6.07) is 6.85. The van der Waals surface area contributed by atoms with E-state index in [1.165, 1.54) is 19.4 Å². The molecule has 19 heavy (non-hydrogen) atoms. The molecule has 2 nitrogen and oxygen atoms in total. The summed E-state index contributed by atoms with van der Waals surface area (Å²) in [6.07, 6.45) is 2.62. The summed E-state index contributed by atoms with van der Waals surface area (Å²) < 4.78 is 12.9. The third-order valence-corrected chi connectivity index (χ3v) is 3.82. The average Bonchev–Trinajstić information content (AvgIpc) is 2.40. The third-order valence-electron chi connectivity index (χ3n) is 3.82. The van der Waals surface area contributed by atoms with Gasteiger partial charge in [-0.1, -0.05) is 13.8 Å². The van der Waals surface area contributed by atoms with Crippen molar-refractivity contribution in [3.63, 3.8) is 0 Å². The summed E-state index contributed by atoms with van der Waals surface area (Å²) in [4.78, 5) is 4.89. The van der Waals surface area contributed by atoms with Gasteiger partial charge in [-0.3, -0.25) is 4.90 Å². The van der Waals surface area contributed by atoms with Gasteiger partial charge < -0.3 is 4.90 Å². The molecule has 2 rings (SSSR count). The molecule has 0 aromatic heterocycles. The fourth-order valence-electron chi connectivity index (χ4n) is 2.60. The molecule has 0 N–H and O–H groups in total. The van der Waals surface area contributed by atoms with Gasteiger partial charge in [-0.05, 0) is 49.6 Å². The Morgan fingerprint density at radius 2 is 1.68 bits per heavy atom. The highest BCUT2D eigenvalue weighted by atomic mass is 19.1. The number of hydrogen-bond acceptors (Lipinski definition) is 2. The molecule has 0 spiro atoms. The largest absolute Gasteiger partial charge is 0.369 e. The molecule has 1 aliphatic rings. The number of nitrogens with zero attached hydrogens (tertiary/aromatic N) is 2. The van der Waals surface area contributed by atoms with E-state index in [1.54, 1.807) is 12.1 Å². The predicted molar refractivity (Wildman–Crippen MR) is 79.1 cm³/mol. The highest BCUT2D eigenvalue weighted by molar-refractivity contribution is 5.46. The van der Waals surface area contributed by atoms with Crippen LogP contribution in [0.2, 0.25) is 0 Å². The molecule has 106 valence electrons. The third kappa shape index (κ3) is 4.50. The van der Waals surface area contributed by atoms with Crippen molar-refractivity contribution < 1.29 is 4.39 Å². The van der Waals surface area contributed by atoms with Crippen LogP contribution in [-0.2, 0) is 0 Å². The number of halogens is 1. The molecule has 1 aromatic rings. The summed E-state index contributed by atoms with van der Waals surface area (Å²) in [7, 11) is 0. The SMILES string of the molecule is CC(C)CCCN1CCN(c2ccc(F)cc2)CC1. The summed E-state index contributed by atoms with van der Waals surface area (Å²) in [5, 5.41) is 0. The summed E-state index contributed by atoms with van der Waals surface area (Å²) >= 11 is 0. The molecule has 3 heteroatoms. The van der Waals surface area contributed by atoms with Crippen LogP contribution in [0.4, 0.5) is 10.1 Å². The van der Waals surface area contributed by atoms with Gasteiger partial charge in [0, 0.05) is 31.9 Å². The first-order valence-electron chi connectivity index (χ1n) is 7.38. The zero-order chi connectivity index (χ0) is 13.7. The van der Waals surface area contributed by atoms with Gasteiger partial charge in [0.15, 0.2) is 0 Å². The van der Waals surface area contributed by atoms with E-state index in [9.17, 15) is 4.39 Å². The Hall–Kier alpha value is -1.09. The molecule has 0 radical (unpaired) electrons. The number of piperazine rings is 1. The maximum atomic E-state index is 12.9. The topological polar surface area (TPSA) is 6.48 Å². The Balaban J connectivity index is 1.74. The number of anilines is 1. The molecule has 0 aliphatic carbocycles. The van der Waals surface area contributed by atoms with Crippen molar-refractivity contribution in [2.45, 2.75) is 26.7 Å². The monoisotopic (exact) mass is 264 g/mol. The smallest absolute Gasteiger partial charge is 0.123 e. The van der Waals surface area contributed by atoms with Crippen molar-refractivity contribution in [1.82, 2.24) is 4.90 Å². The van der Waals surface area contributed by atoms with Crippen molar-refractivity contribution in [3.8, 4) is 0 Å². The zero-order valence-electron chi connectivity index (χ0n) is 12.1. The van der Waals surface area contributed by atoms with Crippen molar-refractivity contribution >= 4 is 5.69 Å². The summed E-state index contributed by atoms with van der Waals surface area (Å²) in [5.74, 6) is 0.650. The summed E-state index contributed by atoms with van der Waals surface area (Å²) in [6.45, 7) is 10.1. The van der Waals surface area contributed by atoms with Crippen LogP contribution in [0.5, 0.6) is 0 Å². The Morgan fingerprint density at radius 1 is 1.05 bits per heavy atom. The fraction of sp³-hybridized carbons (Fsp3) is 0.625. The Bertz CT molecular complexity index is 367. The predicted octanol–water partition coefficient (Wildman–Crippen LogP) is 3.38. The second-order valence-corrected chi connectivity index (χ2v) is 5.84. The van der Waals surface area contributed by atoms with Crippen molar-refractivity contribution in [2.24, 2.45) is 5.92 Å². The molecule has 1 aromatic carbocycles. The minimum Gasteiger partial charge on any atom is -0.369 e. The molecule has 0 saturated carbocycles. The minimum absolute atomic E-state index is 0.156. The first kappa shape index (κ1) is 14.3. The van der Waals surface area contributed by atoms with Gasteiger partial charge in [0.1, 0.15) is 5.82 Å². The average molecular weight is 264 g/mol. The molecule has 0 atom stereocenters. The van der Waals surface area contributed by atoms with Crippen LogP contribution < -0.4 is 4.90 Å². The lowest BCUT2D eigenvalue weighted by Gasteiger charge is -2.36. The van der Waals surface area contributed by atoms with E-state index in [1.807, 2.05) is 12.1 Å². The number of benzene rings is 1. The molecule has 0 amide bonds. The maximum Gasteiger partial charge on any atom is 0.123 e. The molecule has 1 fully saturated rings. The van der Waals surface area contributed by atoms with Crippen LogP contribution in [0.1, 0.15) is 26.7 Å². The van der Waals surface area contributed by atoms with E-state index < -0.39 is 0 Å². The maximum absolute atomic E-state index is 12.9. The van der Waals surface area contributed by atoms with Crippen LogP contribution in [-0.4, -0.2) is 37.6 Å². The molecule has 1 saturated heterocycles. The molecular formula is C16H25FN2. The number of rotatable bonds is 5. The van der Waals surface area contributed by atoms with Crippen molar-refractivity contribution in [3.05, 3.63) is 30.1 Å². The van der Waals surface area contributed by atoms with Crippen LogP contribution >= 0.6 is 0 Å². The van der Waals surface area contributed by atoms with Gasteiger partial charge in [-0.25, -0.2) is 4.39 Å². The van der Waals surface area contributed by atoms with Gasteiger partial charge in [-0.15, -0.1) is 0 Å². The van der Waals surface area contributed by atoms with Crippen LogP contribution in [0, 0.1) is 11.7 Å². The normalized spacial score (nSPS) is 17.2.